The molecule has 1 aliphatic carbocycles. The van der Waals surface area contributed by atoms with E-state index in [4.69, 9.17) is 9.84 Å². The highest BCUT2D eigenvalue weighted by atomic mass is 19.4. The summed E-state index contributed by atoms with van der Waals surface area (Å²) in [5.41, 5.74) is -1.05. The first-order valence-corrected chi connectivity index (χ1v) is 6.29. The van der Waals surface area contributed by atoms with Crippen LogP contribution in [0.4, 0.5) is 22.0 Å². The number of halogens is 5. The maximum atomic E-state index is 13.8. The number of allylic oxidation sites excluding steroid dienone is 4. The molecule has 0 heterocycles. The maximum absolute atomic E-state index is 13.8. The number of hydrogen-bond donors (Lipinski definition) is 1. The molecule has 0 aromatic rings. The van der Waals surface area contributed by atoms with Crippen molar-refractivity contribution in [2.45, 2.75) is 25.4 Å². The highest BCUT2D eigenvalue weighted by Crippen LogP contribution is 2.28. The van der Waals surface area contributed by atoms with Crippen LogP contribution in [0.1, 0.15) is 6.92 Å². The SMILES string of the molecule is C=C(/C=C\C(=C/C)OC1C(F)=CC(CO)=CC1F)C(F)(F)F. The van der Waals surface area contributed by atoms with Crippen molar-refractivity contribution >= 4 is 0 Å². The second-order valence-corrected chi connectivity index (χ2v) is 4.46. The second kappa shape index (κ2) is 7.40. The Hall–Kier alpha value is -1.89. The zero-order valence-electron chi connectivity index (χ0n) is 11.7. The third-order valence-corrected chi connectivity index (χ3v) is 2.80. The fraction of sp³-hybridized carbons (Fsp3) is 0.333. The van der Waals surface area contributed by atoms with Crippen LogP contribution in [0.25, 0.3) is 0 Å². The average molecular weight is 322 g/mol. The van der Waals surface area contributed by atoms with Crippen molar-refractivity contribution in [2.24, 2.45) is 0 Å². The van der Waals surface area contributed by atoms with Crippen molar-refractivity contribution in [3.63, 3.8) is 0 Å². The van der Waals surface area contributed by atoms with Gasteiger partial charge in [0.1, 0.15) is 11.6 Å². The van der Waals surface area contributed by atoms with E-state index in [0.717, 1.165) is 18.2 Å². The molecule has 0 amide bonds. The van der Waals surface area contributed by atoms with E-state index in [1.165, 1.54) is 13.0 Å². The van der Waals surface area contributed by atoms with E-state index in [-0.39, 0.29) is 11.3 Å². The van der Waals surface area contributed by atoms with E-state index in [0.29, 0.717) is 6.08 Å². The molecular formula is C15H15F5O2. The number of aliphatic hydroxyl groups is 1. The third-order valence-electron chi connectivity index (χ3n) is 2.80. The van der Waals surface area contributed by atoms with Crippen molar-refractivity contribution in [3.8, 4) is 0 Å². The highest BCUT2D eigenvalue weighted by molar-refractivity contribution is 5.32. The molecule has 0 bridgehead atoms. The summed E-state index contributed by atoms with van der Waals surface area (Å²) >= 11 is 0. The van der Waals surface area contributed by atoms with Gasteiger partial charge in [0, 0.05) is 5.57 Å². The van der Waals surface area contributed by atoms with Gasteiger partial charge in [0.25, 0.3) is 0 Å². The minimum absolute atomic E-state index is 0.0628. The number of ether oxygens (including phenoxy) is 1. The van der Waals surface area contributed by atoms with Crippen LogP contribution < -0.4 is 0 Å². The Morgan fingerprint density at radius 1 is 1.41 bits per heavy atom. The Morgan fingerprint density at radius 3 is 2.50 bits per heavy atom. The maximum Gasteiger partial charge on any atom is 0.415 e. The van der Waals surface area contributed by atoms with Gasteiger partial charge in [-0.05, 0) is 42.9 Å². The first kappa shape index (κ1) is 18.2. The van der Waals surface area contributed by atoms with Crippen LogP contribution in [0, 0.1) is 0 Å². The lowest BCUT2D eigenvalue weighted by Gasteiger charge is -2.23. The zero-order valence-corrected chi connectivity index (χ0v) is 11.7. The Bertz CT molecular complexity index is 541. The van der Waals surface area contributed by atoms with Gasteiger partial charge >= 0.3 is 6.18 Å². The van der Waals surface area contributed by atoms with Gasteiger partial charge in [0.15, 0.2) is 12.3 Å². The van der Waals surface area contributed by atoms with Crippen LogP contribution in [0.3, 0.4) is 0 Å². The van der Waals surface area contributed by atoms with Crippen LogP contribution in [-0.2, 0) is 4.74 Å². The average Bonchev–Trinajstić information content (AvgIpc) is 2.44. The van der Waals surface area contributed by atoms with Gasteiger partial charge in [-0.3, -0.25) is 0 Å². The molecule has 122 valence electrons. The quantitative estimate of drug-likeness (QED) is 0.470. The number of hydrogen-bond acceptors (Lipinski definition) is 2. The lowest BCUT2D eigenvalue weighted by Crippen LogP contribution is -2.27. The Balaban J connectivity index is 2.81. The highest BCUT2D eigenvalue weighted by Gasteiger charge is 2.31. The topological polar surface area (TPSA) is 29.5 Å². The van der Waals surface area contributed by atoms with E-state index in [9.17, 15) is 22.0 Å². The predicted molar refractivity (Wildman–Crippen MR) is 72.2 cm³/mol. The van der Waals surface area contributed by atoms with Crippen LogP contribution in [-0.4, -0.2) is 30.2 Å². The molecule has 0 spiro atoms. The third kappa shape index (κ3) is 4.84. The van der Waals surface area contributed by atoms with Crippen LogP contribution >= 0.6 is 0 Å². The van der Waals surface area contributed by atoms with E-state index < -0.39 is 36.5 Å². The minimum Gasteiger partial charge on any atom is -0.480 e. The molecule has 2 atom stereocenters. The van der Waals surface area contributed by atoms with Gasteiger partial charge in [-0.15, -0.1) is 0 Å². The van der Waals surface area contributed by atoms with Crippen molar-refractivity contribution in [1.82, 2.24) is 0 Å². The standard InChI is InChI=1S/C15H15F5O2/c1-3-11(5-4-9(2)15(18,19)20)22-14-12(16)6-10(8-21)7-13(14)17/h3-7,12,14,21H,2,8H2,1H3/b5-4-,11-3+. The van der Waals surface area contributed by atoms with Crippen molar-refractivity contribution in [3.05, 3.63) is 59.7 Å². The molecule has 0 aromatic carbocycles. The van der Waals surface area contributed by atoms with Crippen molar-refractivity contribution in [1.29, 1.82) is 0 Å². The molecule has 22 heavy (non-hydrogen) atoms. The number of aliphatic hydroxyl groups excluding tert-OH is 1. The Labute approximate surface area is 124 Å². The zero-order chi connectivity index (χ0) is 16.9. The minimum atomic E-state index is -4.59. The van der Waals surface area contributed by atoms with Gasteiger partial charge < -0.3 is 9.84 Å². The molecule has 0 aliphatic heterocycles. The molecule has 0 saturated heterocycles. The van der Waals surface area contributed by atoms with Gasteiger partial charge in [0.2, 0.25) is 0 Å². The molecule has 0 saturated carbocycles. The number of rotatable bonds is 5. The smallest absolute Gasteiger partial charge is 0.415 e. The van der Waals surface area contributed by atoms with Gasteiger partial charge in [-0.25, -0.2) is 8.78 Å². The molecule has 2 nitrogen and oxygen atoms in total. The summed E-state index contributed by atoms with van der Waals surface area (Å²) < 4.78 is 69.4. The largest absolute Gasteiger partial charge is 0.480 e. The molecule has 1 rings (SSSR count). The summed E-state index contributed by atoms with van der Waals surface area (Å²) in [5.74, 6) is -1.09. The van der Waals surface area contributed by atoms with E-state index in [2.05, 4.69) is 6.58 Å². The predicted octanol–water partition coefficient (Wildman–Crippen LogP) is 4.07. The van der Waals surface area contributed by atoms with Gasteiger partial charge in [-0.2, -0.15) is 13.2 Å². The van der Waals surface area contributed by atoms with Gasteiger partial charge in [0.05, 0.1) is 6.61 Å². The van der Waals surface area contributed by atoms with E-state index in [1.54, 1.807) is 0 Å². The molecule has 0 radical (unpaired) electrons. The van der Waals surface area contributed by atoms with Crippen LogP contribution in [0.2, 0.25) is 0 Å². The van der Waals surface area contributed by atoms with Gasteiger partial charge in [-0.1, -0.05) is 6.58 Å². The fourth-order valence-electron chi connectivity index (χ4n) is 1.60. The summed E-state index contributed by atoms with van der Waals surface area (Å²) in [6, 6.07) is 0. The first-order valence-electron chi connectivity index (χ1n) is 6.29. The summed E-state index contributed by atoms with van der Waals surface area (Å²) in [7, 11) is 0. The summed E-state index contributed by atoms with van der Waals surface area (Å²) in [6.45, 7) is 3.76. The molecule has 7 heteroatoms. The molecule has 1 aliphatic rings. The molecule has 0 aromatic heterocycles. The fourth-order valence-corrected chi connectivity index (χ4v) is 1.60. The summed E-state index contributed by atoms with van der Waals surface area (Å²) in [5, 5.41) is 8.84. The number of alkyl halides is 4. The van der Waals surface area contributed by atoms with Crippen LogP contribution in [0.15, 0.2) is 59.7 Å². The van der Waals surface area contributed by atoms with E-state index in [1.807, 2.05) is 0 Å². The molecular weight excluding hydrogens is 307 g/mol. The molecule has 1 N–H and O–H groups in total. The summed E-state index contributed by atoms with van der Waals surface area (Å²) in [6.07, 6.45) is -3.29. The molecule has 2 unspecified atom stereocenters. The lowest BCUT2D eigenvalue weighted by molar-refractivity contribution is -0.0878. The lowest BCUT2D eigenvalue weighted by atomic mass is 10.0. The molecule has 0 fully saturated rings. The summed E-state index contributed by atoms with van der Waals surface area (Å²) in [4.78, 5) is 0. The van der Waals surface area contributed by atoms with Crippen LogP contribution in [0.5, 0.6) is 0 Å². The Morgan fingerprint density at radius 2 is 2.05 bits per heavy atom. The van der Waals surface area contributed by atoms with Crippen molar-refractivity contribution in [2.75, 3.05) is 6.61 Å². The normalized spacial score (nSPS) is 23.3. The van der Waals surface area contributed by atoms with E-state index >= 15 is 0 Å². The Kier molecular flexibility index (Phi) is 6.11. The first-order chi connectivity index (χ1) is 10.2. The van der Waals surface area contributed by atoms with Crippen molar-refractivity contribution < 1.29 is 31.8 Å². The second-order valence-electron chi connectivity index (χ2n) is 4.46. The monoisotopic (exact) mass is 322 g/mol.